The molecule has 1 heterocycles. The number of halogens is 1. The van der Waals surface area contributed by atoms with E-state index in [9.17, 15) is 9.59 Å². The van der Waals surface area contributed by atoms with Crippen LogP contribution in [-0.2, 0) is 9.59 Å². The van der Waals surface area contributed by atoms with Gasteiger partial charge >= 0.3 is 0 Å². The number of benzene rings is 3. The van der Waals surface area contributed by atoms with Crippen LogP contribution in [0.3, 0.4) is 0 Å². The minimum atomic E-state index is -0.313. The molecule has 0 saturated heterocycles. The molecular formula is C25H20ClNO2S. The molecule has 1 aliphatic rings. The molecule has 4 rings (SSSR count). The van der Waals surface area contributed by atoms with Crippen LogP contribution in [0.5, 0.6) is 0 Å². The first-order chi connectivity index (χ1) is 14.4. The summed E-state index contributed by atoms with van der Waals surface area (Å²) < 4.78 is 0. The van der Waals surface area contributed by atoms with Crippen LogP contribution < -0.4 is 4.90 Å². The summed E-state index contributed by atoms with van der Waals surface area (Å²) in [6.45, 7) is 5.88. The highest BCUT2D eigenvalue weighted by atomic mass is 35.5. The molecule has 0 N–H and O–H groups in total. The van der Waals surface area contributed by atoms with Crippen molar-refractivity contribution in [1.29, 1.82) is 0 Å². The molecule has 0 aliphatic carbocycles. The third kappa shape index (κ3) is 3.69. The highest BCUT2D eigenvalue weighted by Gasteiger charge is 2.41. The summed E-state index contributed by atoms with van der Waals surface area (Å²) in [6, 6.07) is 20.7. The molecule has 0 spiro atoms. The Kier molecular flexibility index (Phi) is 5.54. The number of rotatable bonds is 4. The number of nitrogens with zero attached hydrogens (tertiary/aromatic N) is 1. The second-order valence-electron chi connectivity index (χ2n) is 7.29. The summed E-state index contributed by atoms with van der Waals surface area (Å²) in [5, 5.41) is 0.566. The zero-order valence-electron chi connectivity index (χ0n) is 16.9. The molecule has 5 heteroatoms. The second-order valence-corrected chi connectivity index (χ2v) is 8.82. The summed E-state index contributed by atoms with van der Waals surface area (Å²) in [6.07, 6.45) is 0. The van der Waals surface area contributed by atoms with Crippen molar-refractivity contribution in [3.63, 3.8) is 0 Å². The number of carbonyl (C=O) groups is 2. The van der Waals surface area contributed by atoms with E-state index in [0.717, 1.165) is 27.1 Å². The fourth-order valence-electron chi connectivity index (χ4n) is 3.45. The van der Waals surface area contributed by atoms with Crippen molar-refractivity contribution in [3.8, 4) is 0 Å². The standard InChI is InChI=1S/C25H20ClNO2S/c1-15-9-10-18(13-16(15)2)22-23(30-20-7-5-4-6-8-20)25(29)27(24(22)28)21-12-11-19(26)14-17(21)3/h4-14H,1-3H3. The van der Waals surface area contributed by atoms with Crippen LogP contribution in [-0.4, -0.2) is 11.8 Å². The first kappa shape index (κ1) is 20.5. The second kappa shape index (κ2) is 8.13. The summed E-state index contributed by atoms with van der Waals surface area (Å²) in [5.74, 6) is -0.625. The number of aryl methyl sites for hydroxylation is 3. The van der Waals surface area contributed by atoms with Gasteiger partial charge in [0.05, 0.1) is 16.2 Å². The fraction of sp³-hybridized carbons (Fsp3) is 0.120. The first-order valence-corrected chi connectivity index (χ1v) is 10.8. The molecule has 30 heavy (non-hydrogen) atoms. The highest BCUT2D eigenvalue weighted by Crippen LogP contribution is 2.42. The van der Waals surface area contributed by atoms with E-state index in [2.05, 4.69) is 0 Å². The monoisotopic (exact) mass is 433 g/mol. The van der Waals surface area contributed by atoms with E-state index in [-0.39, 0.29) is 11.8 Å². The number of thioether (sulfide) groups is 1. The molecular weight excluding hydrogens is 414 g/mol. The van der Waals surface area contributed by atoms with Gasteiger partial charge in [0.15, 0.2) is 0 Å². The van der Waals surface area contributed by atoms with E-state index in [1.54, 1.807) is 18.2 Å². The average Bonchev–Trinajstić information content (AvgIpc) is 2.95. The summed E-state index contributed by atoms with van der Waals surface area (Å²) in [5.41, 5.74) is 4.73. The Hall–Kier alpha value is -2.82. The van der Waals surface area contributed by atoms with Crippen LogP contribution in [0.1, 0.15) is 22.3 Å². The van der Waals surface area contributed by atoms with Crippen molar-refractivity contribution in [2.24, 2.45) is 0 Å². The SMILES string of the molecule is Cc1ccc(C2=C(Sc3ccccc3)C(=O)N(c3ccc(Cl)cc3C)C2=O)cc1C. The molecule has 150 valence electrons. The van der Waals surface area contributed by atoms with E-state index in [0.29, 0.717) is 21.2 Å². The summed E-state index contributed by atoms with van der Waals surface area (Å²) in [4.78, 5) is 29.6. The number of amides is 2. The normalized spacial score (nSPS) is 14.1. The molecule has 2 amide bonds. The smallest absolute Gasteiger partial charge is 0.268 e. The van der Waals surface area contributed by atoms with Crippen molar-refractivity contribution in [2.45, 2.75) is 25.7 Å². The highest BCUT2D eigenvalue weighted by molar-refractivity contribution is 8.04. The Balaban J connectivity index is 1.86. The zero-order chi connectivity index (χ0) is 21.4. The van der Waals surface area contributed by atoms with Crippen LogP contribution in [0.2, 0.25) is 5.02 Å². The topological polar surface area (TPSA) is 37.4 Å². The van der Waals surface area contributed by atoms with E-state index in [4.69, 9.17) is 11.6 Å². The molecule has 0 bridgehead atoms. The number of anilines is 1. The number of hydrogen-bond acceptors (Lipinski definition) is 3. The maximum Gasteiger partial charge on any atom is 0.272 e. The molecule has 3 aromatic carbocycles. The molecule has 3 aromatic rings. The lowest BCUT2D eigenvalue weighted by molar-refractivity contribution is -0.119. The Morgan fingerprint density at radius 1 is 0.767 bits per heavy atom. The van der Waals surface area contributed by atoms with E-state index in [1.165, 1.54) is 16.7 Å². The van der Waals surface area contributed by atoms with Gasteiger partial charge in [-0.05, 0) is 73.4 Å². The number of hydrogen-bond donors (Lipinski definition) is 0. The molecule has 0 aromatic heterocycles. The molecule has 0 saturated carbocycles. The largest absolute Gasteiger partial charge is 0.272 e. The van der Waals surface area contributed by atoms with Crippen molar-refractivity contribution in [3.05, 3.63) is 98.9 Å². The molecule has 1 aliphatic heterocycles. The van der Waals surface area contributed by atoms with Gasteiger partial charge in [-0.3, -0.25) is 9.59 Å². The summed E-state index contributed by atoms with van der Waals surface area (Å²) in [7, 11) is 0. The molecule has 0 fully saturated rings. The van der Waals surface area contributed by atoms with Gasteiger partial charge in [0.2, 0.25) is 0 Å². The molecule has 0 unspecified atom stereocenters. The minimum Gasteiger partial charge on any atom is -0.268 e. The van der Waals surface area contributed by atoms with Gasteiger partial charge in [-0.1, -0.05) is 59.8 Å². The first-order valence-electron chi connectivity index (χ1n) is 9.56. The Labute approximate surface area is 185 Å². The zero-order valence-corrected chi connectivity index (χ0v) is 18.5. The third-order valence-corrected chi connectivity index (χ3v) is 6.53. The van der Waals surface area contributed by atoms with Crippen molar-refractivity contribution in [1.82, 2.24) is 0 Å². The lowest BCUT2D eigenvalue weighted by Crippen LogP contribution is -2.31. The van der Waals surface area contributed by atoms with Crippen molar-refractivity contribution >= 4 is 46.4 Å². The van der Waals surface area contributed by atoms with E-state index < -0.39 is 0 Å². The van der Waals surface area contributed by atoms with Gasteiger partial charge in [-0.25, -0.2) is 4.90 Å². The summed E-state index contributed by atoms with van der Waals surface area (Å²) >= 11 is 7.41. The van der Waals surface area contributed by atoms with Crippen LogP contribution >= 0.6 is 23.4 Å². The quantitative estimate of drug-likeness (QED) is 0.450. The van der Waals surface area contributed by atoms with Gasteiger partial charge < -0.3 is 0 Å². The van der Waals surface area contributed by atoms with E-state index >= 15 is 0 Å². The van der Waals surface area contributed by atoms with Crippen LogP contribution in [0, 0.1) is 20.8 Å². The maximum atomic E-state index is 13.6. The van der Waals surface area contributed by atoms with Crippen LogP contribution in [0.4, 0.5) is 5.69 Å². The fourth-order valence-corrected chi connectivity index (χ4v) is 4.69. The maximum absolute atomic E-state index is 13.6. The number of imide groups is 1. The molecule has 0 radical (unpaired) electrons. The van der Waals surface area contributed by atoms with Gasteiger partial charge in [-0.15, -0.1) is 0 Å². The Morgan fingerprint density at radius 2 is 1.50 bits per heavy atom. The van der Waals surface area contributed by atoms with Crippen molar-refractivity contribution < 1.29 is 9.59 Å². The number of carbonyl (C=O) groups excluding carboxylic acids is 2. The third-order valence-electron chi connectivity index (χ3n) is 5.20. The van der Waals surface area contributed by atoms with Gasteiger partial charge in [-0.2, -0.15) is 0 Å². The van der Waals surface area contributed by atoms with Crippen LogP contribution in [0.15, 0.2) is 76.5 Å². The van der Waals surface area contributed by atoms with Gasteiger partial charge in [0.1, 0.15) is 0 Å². The van der Waals surface area contributed by atoms with Crippen LogP contribution in [0.25, 0.3) is 5.57 Å². The molecule has 3 nitrogen and oxygen atoms in total. The van der Waals surface area contributed by atoms with Crippen molar-refractivity contribution in [2.75, 3.05) is 4.90 Å². The lowest BCUT2D eigenvalue weighted by Gasteiger charge is -2.18. The average molecular weight is 434 g/mol. The van der Waals surface area contributed by atoms with Gasteiger partial charge in [0.25, 0.3) is 11.8 Å². The predicted octanol–water partition coefficient (Wildman–Crippen LogP) is 6.34. The predicted molar refractivity (Wildman–Crippen MR) is 124 cm³/mol. The van der Waals surface area contributed by atoms with E-state index in [1.807, 2.05) is 69.3 Å². The Morgan fingerprint density at radius 3 is 2.17 bits per heavy atom. The minimum absolute atomic E-state index is 0.312. The van der Waals surface area contributed by atoms with Gasteiger partial charge in [0, 0.05) is 9.92 Å². The lowest BCUT2D eigenvalue weighted by atomic mass is 10.0. The molecule has 0 atom stereocenters. The Bertz CT molecular complexity index is 1200.